The van der Waals surface area contributed by atoms with E-state index < -0.39 is 0 Å². The highest BCUT2D eigenvalue weighted by molar-refractivity contribution is 7.12. The van der Waals surface area contributed by atoms with E-state index in [-0.39, 0.29) is 18.4 Å². The molecule has 0 aliphatic carbocycles. The minimum absolute atomic E-state index is 0.198. The summed E-state index contributed by atoms with van der Waals surface area (Å²) in [5, 5.41) is 5.18. The van der Waals surface area contributed by atoms with Crippen molar-refractivity contribution in [2.75, 3.05) is 19.6 Å². The fourth-order valence-corrected chi connectivity index (χ4v) is 2.76. The molecule has 1 aromatic heterocycles. The van der Waals surface area contributed by atoms with Gasteiger partial charge in [-0.1, -0.05) is 6.07 Å². The molecule has 1 saturated heterocycles. The van der Waals surface area contributed by atoms with E-state index in [1.54, 1.807) is 12.1 Å². The van der Waals surface area contributed by atoms with E-state index >= 15 is 0 Å². The van der Waals surface area contributed by atoms with E-state index in [0.717, 1.165) is 13.1 Å². The van der Waals surface area contributed by atoms with Crippen LogP contribution in [0.25, 0.3) is 0 Å². The Morgan fingerprint density at radius 3 is 2.95 bits per heavy atom. The van der Waals surface area contributed by atoms with Gasteiger partial charge in [-0.2, -0.15) is 0 Å². The lowest BCUT2D eigenvalue weighted by Gasteiger charge is -2.36. The summed E-state index contributed by atoms with van der Waals surface area (Å²) in [4.78, 5) is 26.2. The average Bonchev–Trinajstić information content (AvgIpc) is 2.94. The molecule has 2 amide bonds. The van der Waals surface area contributed by atoms with Crippen molar-refractivity contribution in [2.45, 2.75) is 25.9 Å². The van der Waals surface area contributed by atoms with Crippen molar-refractivity contribution in [3.63, 3.8) is 0 Å². The minimum Gasteiger partial charge on any atom is -0.311 e. The topological polar surface area (TPSA) is 73.5 Å². The molecule has 1 aromatic rings. The van der Waals surface area contributed by atoms with Gasteiger partial charge in [0.05, 0.1) is 11.4 Å². The van der Waals surface area contributed by atoms with E-state index in [4.69, 9.17) is 0 Å². The van der Waals surface area contributed by atoms with Crippen LogP contribution in [0.15, 0.2) is 17.5 Å². The standard InChI is InChI=1S/C13H20N4O2S/c1-9-7-17(10(2)6-14-9)8-12(18)15-16-13(19)11-4-3-5-20-11/h3-5,9-10,14H,6-8H2,1-2H3,(H,15,18)(H,16,19). The maximum absolute atomic E-state index is 11.9. The van der Waals surface area contributed by atoms with Gasteiger partial charge in [-0.15, -0.1) is 11.3 Å². The predicted molar refractivity (Wildman–Crippen MR) is 78.4 cm³/mol. The maximum Gasteiger partial charge on any atom is 0.279 e. The summed E-state index contributed by atoms with van der Waals surface area (Å²) < 4.78 is 0. The van der Waals surface area contributed by atoms with Gasteiger partial charge in [0, 0.05) is 25.2 Å². The van der Waals surface area contributed by atoms with E-state index in [1.807, 2.05) is 5.38 Å². The molecule has 1 aliphatic heterocycles. The number of hydrazine groups is 1. The largest absolute Gasteiger partial charge is 0.311 e. The first-order chi connectivity index (χ1) is 9.56. The first-order valence-corrected chi connectivity index (χ1v) is 7.54. The van der Waals surface area contributed by atoms with Crippen molar-refractivity contribution in [1.29, 1.82) is 0 Å². The Labute approximate surface area is 122 Å². The van der Waals surface area contributed by atoms with Crippen LogP contribution in [0.4, 0.5) is 0 Å². The Morgan fingerprint density at radius 1 is 1.45 bits per heavy atom. The van der Waals surface area contributed by atoms with E-state index in [1.165, 1.54) is 11.3 Å². The van der Waals surface area contributed by atoms with Crippen molar-refractivity contribution in [2.24, 2.45) is 0 Å². The summed E-state index contributed by atoms with van der Waals surface area (Å²) in [6.07, 6.45) is 0. The van der Waals surface area contributed by atoms with Crippen LogP contribution in [-0.2, 0) is 4.79 Å². The second-order valence-electron chi connectivity index (χ2n) is 5.07. The number of hydrogen-bond acceptors (Lipinski definition) is 5. The van der Waals surface area contributed by atoms with Crippen molar-refractivity contribution < 1.29 is 9.59 Å². The molecule has 2 unspecified atom stereocenters. The van der Waals surface area contributed by atoms with Gasteiger partial charge in [0.25, 0.3) is 11.8 Å². The van der Waals surface area contributed by atoms with Gasteiger partial charge < -0.3 is 5.32 Å². The molecule has 0 spiro atoms. The molecule has 1 aliphatic rings. The molecule has 7 heteroatoms. The Hall–Kier alpha value is -1.44. The molecule has 0 bridgehead atoms. The van der Waals surface area contributed by atoms with Crippen LogP contribution in [0, 0.1) is 0 Å². The molecule has 2 heterocycles. The molecular formula is C13H20N4O2S. The van der Waals surface area contributed by atoms with Gasteiger partial charge in [0.1, 0.15) is 0 Å². The number of nitrogens with zero attached hydrogens (tertiary/aromatic N) is 1. The molecule has 0 aromatic carbocycles. The van der Waals surface area contributed by atoms with Crippen LogP contribution in [0.3, 0.4) is 0 Å². The SMILES string of the molecule is CC1CN(CC(=O)NNC(=O)c2cccs2)C(C)CN1. The zero-order valence-electron chi connectivity index (χ0n) is 11.7. The molecule has 2 rings (SSSR count). The summed E-state index contributed by atoms with van der Waals surface area (Å²) in [7, 11) is 0. The predicted octanol–water partition coefficient (Wildman–Crippen LogP) is 0.191. The highest BCUT2D eigenvalue weighted by atomic mass is 32.1. The summed E-state index contributed by atoms with van der Waals surface area (Å²) in [5.41, 5.74) is 4.89. The third-order valence-electron chi connectivity index (χ3n) is 3.30. The fraction of sp³-hybridized carbons (Fsp3) is 0.538. The van der Waals surface area contributed by atoms with Gasteiger partial charge in [-0.3, -0.25) is 25.3 Å². The monoisotopic (exact) mass is 296 g/mol. The van der Waals surface area contributed by atoms with Gasteiger partial charge in [-0.05, 0) is 25.3 Å². The molecule has 6 nitrogen and oxygen atoms in total. The zero-order valence-corrected chi connectivity index (χ0v) is 12.5. The van der Waals surface area contributed by atoms with Crippen LogP contribution >= 0.6 is 11.3 Å². The summed E-state index contributed by atoms with van der Waals surface area (Å²) >= 11 is 1.34. The van der Waals surface area contributed by atoms with E-state index in [0.29, 0.717) is 17.0 Å². The molecular weight excluding hydrogens is 276 g/mol. The summed E-state index contributed by atoms with van der Waals surface area (Å²) in [5.74, 6) is -0.481. The molecule has 3 N–H and O–H groups in total. The van der Waals surface area contributed by atoms with Gasteiger partial charge in [0.15, 0.2) is 0 Å². The zero-order chi connectivity index (χ0) is 14.5. The molecule has 2 atom stereocenters. The van der Waals surface area contributed by atoms with Crippen LogP contribution in [-0.4, -0.2) is 48.4 Å². The number of carbonyl (C=O) groups excluding carboxylic acids is 2. The molecule has 1 fully saturated rings. The highest BCUT2D eigenvalue weighted by Gasteiger charge is 2.24. The Bertz CT molecular complexity index is 463. The normalized spacial score (nSPS) is 23.3. The summed E-state index contributed by atoms with van der Waals surface area (Å²) in [6, 6.07) is 4.20. The Balaban J connectivity index is 1.76. The number of amides is 2. The molecule has 0 saturated carbocycles. The van der Waals surface area contributed by atoms with Crippen molar-refractivity contribution in [1.82, 2.24) is 21.1 Å². The Kier molecular flexibility index (Phi) is 5.11. The summed E-state index contributed by atoms with van der Waals surface area (Å²) in [6.45, 7) is 6.16. The van der Waals surface area contributed by atoms with Gasteiger partial charge >= 0.3 is 0 Å². The lowest BCUT2D eigenvalue weighted by Crippen LogP contribution is -2.57. The van der Waals surface area contributed by atoms with Crippen LogP contribution in [0.2, 0.25) is 0 Å². The van der Waals surface area contributed by atoms with E-state index in [2.05, 4.69) is 34.9 Å². The van der Waals surface area contributed by atoms with Gasteiger partial charge in [-0.25, -0.2) is 0 Å². The van der Waals surface area contributed by atoms with Crippen molar-refractivity contribution in [3.8, 4) is 0 Å². The first-order valence-electron chi connectivity index (χ1n) is 6.66. The number of hydrogen-bond donors (Lipinski definition) is 3. The third-order valence-corrected chi connectivity index (χ3v) is 4.17. The first kappa shape index (κ1) is 15.0. The van der Waals surface area contributed by atoms with E-state index in [9.17, 15) is 9.59 Å². The van der Waals surface area contributed by atoms with Crippen LogP contribution < -0.4 is 16.2 Å². The molecule has 110 valence electrons. The average molecular weight is 296 g/mol. The molecule has 0 radical (unpaired) electrons. The maximum atomic E-state index is 11.9. The molecule has 20 heavy (non-hydrogen) atoms. The third kappa shape index (κ3) is 4.03. The highest BCUT2D eigenvalue weighted by Crippen LogP contribution is 2.07. The quantitative estimate of drug-likeness (QED) is 0.696. The smallest absolute Gasteiger partial charge is 0.279 e. The number of thiophene rings is 1. The Morgan fingerprint density at radius 2 is 2.25 bits per heavy atom. The second kappa shape index (κ2) is 6.83. The van der Waals surface area contributed by atoms with Crippen molar-refractivity contribution >= 4 is 23.2 Å². The number of nitrogens with one attached hydrogen (secondary N) is 3. The number of piperazine rings is 1. The van der Waals surface area contributed by atoms with Crippen molar-refractivity contribution in [3.05, 3.63) is 22.4 Å². The lowest BCUT2D eigenvalue weighted by atomic mass is 10.1. The fourth-order valence-electron chi connectivity index (χ4n) is 2.14. The minimum atomic E-state index is -0.282. The van der Waals surface area contributed by atoms with Crippen LogP contribution in [0.1, 0.15) is 23.5 Å². The number of rotatable bonds is 3. The lowest BCUT2D eigenvalue weighted by molar-refractivity contribution is -0.123. The number of carbonyl (C=O) groups is 2. The van der Waals surface area contributed by atoms with Gasteiger partial charge in [0.2, 0.25) is 0 Å². The van der Waals surface area contributed by atoms with Crippen LogP contribution in [0.5, 0.6) is 0 Å². The second-order valence-corrected chi connectivity index (χ2v) is 6.02.